The second-order valence-electron chi connectivity index (χ2n) is 13.9. The smallest absolute Gasteiger partial charge is 0.264 e. The summed E-state index contributed by atoms with van der Waals surface area (Å²) in [5, 5.41) is 10.4. The van der Waals surface area contributed by atoms with Crippen LogP contribution in [0.15, 0.2) is 91.0 Å². The zero-order valence-electron chi connectivity index (χ0n) is 29.5. The first-order chi connectivity index (χ1) is 25.7. The van der Waals surface area contributed by atoms with Crippen molar-refractivity contribution in [3.8, 4) is 17.0 Å². The summed E-state index contributed by atoms with van der Waals surface area (Å²) in [6.07, 6.45) is 3.04. The van der Waals surface area contributed by atoms with Gasteiger partial charge in [0.1, 0.15) is 17.4 Å². The van der Waals surface area contributed by atoms with E-state index in [1.54, 1.807) is 24.3 Å². The molecule has 3 aliphatic rings. The number of benzene rings is 4. The number of carbonyl (C=O) groups is 2. The van der Waals surface area contributed by atoms with Crippen LogP contribution in [0.2, 0.25) is 5.02 Å². The summed E-state index contributed by atoms with van der Waals surface area (Å²) in [7, 11) is 0. The molecular formula is C42H40Cl2F2N4O4. The number of aromatic hydroxyl groups is 1. The molecule has 54 heavy (non-hydrogen) atoms. The highest BCUT2D eigenvalue weighted by Gasteiger charge is 2.35. The van der Waals surface area contributed by atoms with Gasteiger partial charge in [-0.1, -0.05) is 35.9 Å². The fourth-order valence-electron chi connectivity index (χ4n) is 8.00. The van der Waals surface area contributed by atoms with Gasteiger partial charge in [0.25, 0.3) is 11.8 Å². The Morgan fingerprint density at radius 1 is 0.833 bits per heavy atom. The van der Waals surface area contributed by atoms with Gasteiger partial charge < -0.3 is 19.3 Å². The standard InChI is InChI=1S/C42H39ClF2N4O4.ClH/c43-29-8-13-36(41(51)48-25-28-6-2-1-5-27(28)19-34(48)26-46-15-17-53-18-16-46)37(20-29)40-24-38(39-7-3-4-14-47(39)40)42(52)49(32-9-11-35(50)12-10-32)33-22-30(44)21-31(45)23-33;/h1-2,5-6,8-13,20-24,34,50H,3-4,7,14-19,25-26H2;1H/t34-;/m0./s1. The summed E-state index contributed by atoms with van der Waals surface area (Å²) in [6.45, 7) is 4.75. The third-order valence-electron chi connectivity index (χ3n) is 10.6. The minimum absolute atomic E-state index is 0. The maximum atomic E-state index is 14.9. The van der Waals surface area contributed by atoms with E-state index in [0.29, 0.717) is 65.8 Å². The van der Waals surface area contributed by atoms with Gasteiger partial charge in [0.15, 0.2) is 0 Å². The summed E-state index contributed by atoms with van der Waals surface area (Å²) >= 11 is 6.67. The van der Waals surface area contributed by atoms with Gasteiger partial charge in [-0.05, 0) is 97.5 Å². The van der Waals surface area contributed by atoms with Crippen LogP contribution >= 0.6 is 24.0 Å². The van der Waals surface area contributed by atoms with E-state index in [0.717, 1.165) is 68.4 Å². The van der Waals surface area contributed by atoms with Crippen molar-refractivity contribution in [1.29, 1.82) is 0 Å². The third kappa shape index (κ3) is 7.48. The van der Waals surface area contributed by atoms with Crippen molar-refractivity contribution >= 4 is 47.2 Å². The molecule has 0 unspecified atom stereocenters. The molecule has 0 aliphatic carbocycles. The Kier molecular flexibility index (Phi) is 11.1. The Bertz CT molecular complexity index is 2170. The van der Waals surface area contributed by atoms with Gasteiger partial charge in [0, 0.05) is 78.1 Å². The quantitative estimate of drug-likeness (QED) is 0.180. The molecule has 0 saturated carbocycles. The lowest BCUT2D eigenvalue weighted by Gasteiger charge is -2.40. The normalized spacial score (nSPS) is 16.9. The Hall–Kier alpha value is -4.74. The molecule has 12 heteroatoms. The summed E-state index contributed by atoms with van der Waals surface area (Å²) in [4.78, 5) is 35.2. The number of hydrogen-bond acceptors (Lipinski definition) is 5. The molecule has 3 aliphatic heterocycles. The van der Waals surface area contributed by atoms with E-state index in [1.165, 1.54) is 34.7 Å². The lowest BCUT2D eigenvalue weighted by Crippen LogP contribution is -2.52. The number of amides is 2. The summed E-state index contributed by atoms with van der Waals surface area (Å²) in [5.41, 5.74) is 5.58. The number of phenols is 1. The van der Waals surface area contributed by atoms with Gasteiger partial charge in [-0.15, -0.1) is 12.4 Å². The molecule has 0 radical (unpaired) electrons. The van der Waals surface area contributed by atoms with Crippen molar-refractivity contribution in [2.75, 3.05) is 37.7 Å². The van der Waals surface area contributed by atoms with Crippen LogP contribution in [-0.4, -0.2) is 70.2 Å². The molecule has 1 fully saturated rings. The molecule has 0 spiro atoms. The first kappa shape index (κ1) is 37.6. The fraction of sp³-hybridized carbons (Fsp3) is 0.286. The zero-order chi connectivity index (χ0) is 36.6. The molecule has 0 bridgehead atoms. The molecule has 280 valence electrons. The van der Waals surface area contributed by atoms with E-state index in [-0.39, 0.29) is 35.8 Å². The van der Waals surface area contributed by atoms with Crippen molar-refractivity contribution in [3.63, 3.8) is 0 Å². The highest BCUT2D eigenvalue weighted by atomic mass is 35.5. The van der Waals surface area contributed by atoms with Gasteiger partial charge >= 0.3 is 0 Å². The van der Waals surface area contributed by atoms with Crippen LogP contribution < -0.4 is 4.90 Å². The molecule has 8 nitrogen and oxygen atoms in total. The van der Waals surface area contributed by atoms with Gasteiger partial charge in [0.05, 0.1) is 24.5 Å². The van der Waals surface area contributed by atoms with Crippen molar-refractivity contribution in [3.05, 3.63) is 136 Å². The number of ether oxygens (including phenoxy) is 1. The van der Waals surface area contributed by atoms with Gasteiger partial charge in [-0.3, -0.25) is 19.4 Å². The van der Waals surface area contributed by atoms with E-state index in [9.17, 15) is 23.5 Å². The van der Waals surface area contributed by atoms with Gasteiger partial charge in [-0.2, -0.15) is 0 Å². The summed E-state index contributed by atoms with van der Waals surface area (Å²) in [6, 6.07) is 24.1. The second-order valence-corrected chi connectivity index (χ2v) is 14.4. The SMILES string of the molecule is Cl.O=C(c1cc(-c2cc(Cl)ccc2C(=O)N2Cc3ccccc3C[C@H]2CN2CCOCC2)n2c1CCCC2)N(c1ccc(O)cc1)c1cc(F)cc(F)c1. The lowest BCUT2D eigenvalue weighted by molar-refractivity contribution is 0.0193. The predicted octanol–water partition coefficient (Wildman–Crippen LogP) is 8.43. The Morgan fingerprint density at radius 3 is 2.30 bits per heavy atom. The summed E-state index contributed by atoms with van der Waals surface area (Å²) < 4.78 is 36.9. The maximum Gasteiger partial charge on any atom is 0.264 e. The van der Waals surface area contributed by atoms with E-state index in [1.807, 2.05) is 17.0 Å². The van der Waals surface area contributed by atoms with Crippen LogP contribution in [0.5, 0.6) is 5.75 Å². The predicted molar refractivity (Wildman–Crippen MR) is 207 cm³/mol. The largest absolute Gasteiger partial charge is 0.508 e. The minimum Gasteiger partial charge on any atom is -0.508 e. The Morgan fingerprint density at radius 2 is 1.56 bits per heavy atom. The van der Waals surface area contributed by atoms with Crippen LogP contribution in [0.25, 0.3) is 11.3 Å². The second kappa shape index (κ2) is 15.9. The number of fused-ring (bicyclic) bond motifs is 2. The van der Waals surface area contributed by atoms with E-state index in [4.69, 9.17) is 16.3 Å². The Balaban J connectivity index is 0.00000450. The average molecular weight is 774 g/mol. The van der Waals surface area contributed by atoms with Crippen molar-refractivity contribution in [1.82, 2.24) is 14.4 Å². The maximum absolute atomic E-state index is 14.9. The number of nitrogens with zero attached hydrogens (tertiary/aromatic N) is 4. The average Bonchev–Trinajstić information content (AvgIpc) is 3.55. The highest BCUT2D eigenvalue weighted by Crippen LogP contribution is 2.38. The number of aromatic nitrogens is 1. The number of anilines is 2. The van der Waals surface area contributed by atoms with Crippen LogP contribution in [0.1, 0.15) is 50.4 Å². The molecule has 4 heterocycles. The molecule has 1 N–H and O–H groups in total. The molecular weight excluding hydrogens is 733 g/mol. The topological polar surface area (TPSA) is 78.3 Å². The molecule has 8 rings (SSSR count). The van der Waals surface area contributed by atoms with Crippen molar-refractivity contribution < 1.29 is 28.2 Å². The van der Waals surface area contributed by atoms with Crippen LogP contribution in [0.3, 0.4) is 0 Å². The molecule has 1 saturated heterocycles. The number of rotatable bonds is 7. The minimum atomic E-state index is -0.828. The number of phenolic OH excluding ortho intramolecular Hbond substituents is 1. The number of morpholine rings is 1. The van der Waals surface area contributed by atoms with E-state index >= 15 is 0 Å². The van der Waals surface area contributed by atoms with Crippen molar-refractivity contribution in [2.24, 2.45) is 0 Å². The molecule has 4 aromatic carbocycles. The van der Waals surface area contributed by atoms with Gasteiger partial charge in [-0.25, -0.2) is 8.78 Å². The monoisotopic (exact) mass is 772 g/mol. The first-order valence-electron chi connectivity index (χ1n) is 18.0. The number of hydrogen-bond donors (Lipinski definition) is 1. The van der Waals surface area contributed by atoms with E-state index < -0.39 is 17.5 Å². The molecule has 1 aromatic heterocycles. The fourth-order valence-corrected chi connectivity index (χ4v) is 8.17. The molecule has 2 amide bonds. The van der Waals surface area contributed by atoms with Crippen LogP contribution in [-0.2, 0) is 30.7 Å². The van der Waals surface area contributed by atoms with Crippen molar-refractivity contribution in [2.45, 2.75) is 44.8 Å². The molecule has 5 aromatic rings. The van der Waals surface area contributed by atoms with E-state index in [2.05, 4.69) is 21.6 Å². The number of carbonyl (C=O) groups excluding carboxylic acids is 2. The Labute approximate surface area is 323 Å². The third-order valence-corrected chi connectivity index (χ3v) is 10.8. The van der Waals surface area contributed by atoms with Gasteiger partial charge in [0.2, 0.25) is 0 Å². The number of halogens is 4. The van der Waals surface area contributed by atoms with Crippen LogP contribution in [0.4, 0.5) is 20.2 Å². The first-order valence-corrected chi connectivity index (χ1v) is 18.4. The zero-order valence-corrected chi connectivity index (χ0v) is 31.1. The van der Waals surface area contributed by atoms with Crippen LogP contribution in [0, 0.1) is 11.6 Å². The molecule has 1 atom stereocenters. The lowest BCUT2D eigenvalue weighted by atomic mass is 9.92. The summed E-state index contributed by atoms with van der Waals surface area (Å²) in [5.74, 6) is -2.29. The highest BCUT2D eigenvalue weighted by molar-refractivity contribution is 6.31.